The number of benzene rings is 1. The quantitative estimate of drug-likeness (QED) is 0.897. The van der Waals surface area contributed by atoms with E-state index in [9.17, 15) is 9.90 Å². The van der Waals surface area contributed by atoms with Gasteiger partial charge in [-0.2, -0.15) is 0 Å². The molecule has 0 radical (unpaired) electrons. The molecular weight excluding hydrogens is 252 g/mol. The van der Waals surface area contributed by atoms with Gasteiger partial charge in [-0.15, -0.1) is 0 Å². The van der Waals surface area contributed by atoms with Gasteiger partial charge in [0.15, 0.2) is 0 Å². The van der Waals surface area contributed by atoms with Crippen LogP contribution >= 0.6 is 0 Å². The van der Waals surface area contributed by atoms with E-state index in [0.29, 0.717) is 6.54 Å². The third kappa shape index (κ3) is 3.15. The van der Waals surface area contributed by atoms with Crippen LogP contribution in [0, 0.1) is 6.92 Å². The molecule has 4 nitrogen and oxygen atoms in total. The summed E-state index contributed by atoms with van der Waals surface area (Å²) in [5, 5.41) is 12.6. The highest BCUT2D eigenvalue weighted by Crippen LogP contribution is 2.18. The maximum Gasteiger partial charge on any atom is 0.255 e. The Morgan fingerprint density at radius 3 is 2.85 bits per heavy atom. The van der Waals surface area contributed by atoms with Crippen molar-refractivity contribution in [3.63, 3.8) is 0 Å². The summed E-state index contributed by atoms with van der Waals surface area (Å²) in [6, 6.07) is 8.88. The first-order valence-electron chi connectivity index (χ1n) is 6.62. The predicted molar refractivity (Wildman–Crippen MR) is 77.6 cm³/mol. The zero-order valence-corrected chi connectivity index (χ0v) is 11.7. The van der Waals surface area contributed by atoms with Crippen molar-refractivity contribution in [2.75, 3.05) is 0 Å². The van der Waals surface area contributed by atoms with Gasteiger partial charge in [0, 0.05) is 6.20 Å². The van der Waals surface area contributed by atoms with E-state index in [1.165, 1.54) is 0 Å². The predicted octanol–water partition coefficient (Wildman–Crippen LogP) is 2.59. The molecule has 20 heavy (non-hydrogen) atoms. The topological polar surface area (TPSA) is 62.2 Å². The highest BCUT2D eigenvalue weighted by Gasteiger charge is 2.11. The summed E-state index contributed by atoms with van der Waals surface area (Å²) in [4.78, 5) is 16.3. The fraction of sp³-hybridized carbons (Fsp3) is 0.250. The van der Waals surface area contributed by atoms with Gasteiger partial charge in [-0.1, -0.05) is 19.1 Å². The molecule has 1 amide bonds. The number of nitrogens with one attached hydrogen (secondary N) is 1. The first kappa shape index (κ1) is 14.1. The Balaban J connectivity index is 2.09. The molecule has 0 saturated carbocycles. The van der Waals surface area contributed by atoms with E-state index in [1.54, 1.807) is 24.4 Å². The number of aromatic nitrogens is 1. The number of nitrogens with zero attached hydrogens (tertiary/aromatic N) is 1. The number of aryl methyl sites for hydroxylation is 2. The van der Waals surface area contributed by atoms with E-state index in [4.69, 9.17) is 0 Å². The molecule has 4 heteroatoms. The van der Waals surface area contributed by atoms with Crippen LogP contribution in [0.25, 0.3) is 0 Å². The Morgan fingerprint density at radius 1 is 1.35 bits per heavy atom. The number of hydrogen-bond acceptors (Lipinski definition) is 3. The highest BCUT2D eigenvalue weighted by atomic mass is 16.3. The summed E-state index contributed by atoms with van der Waals surface area (Å²) in [5.41, 5.74) is 3.16. The van der Waals surface area contributed by atoms with Gasteiger partial charge in [-0.3, -0.25) is 9.78 Å². The van der Waals surface area contributed by atoms with Crippen LogP contribution in [0.2, 0.25) is 0 Å². The molecule has 0 fully saturated rings. The first-order valence-corrected chi connectivity index (χ1v) is 6.62. The SMILES string of the molecule is CCc1cccnc1CNC(=O)c1ccc(C)cc1O. The van der Waals surface area contributed by atoms with Crippen LogP contribution < -0.4 is 5.32 Å². The number of rotatable bonds is 4. The lowest BCUT2D eigenvalue weighted by atomic mass is 10.1. The number of carbonyl (C=O) groups excluding carboxylic acids is 1. The van der Waals surface area contributed by atoms with Gasteiger partial charge in [0.25, 0.3) is 5.91 Å². The molecule has 0 unspecified atom stereocenters. The summed E-state index contributed by atoms with van der Waals surface area (Å²) in [6.07, 6.45) is 2.58. The normalized spacial score (nSPS) is 10.3. The number of pyridine rings is 1. The van der Waals surface area contributed by atoms with Gasteiger partial charge < -0.3 is 10.4 Å². The van der Waals surface area contributed by atoms with Gasteiger partial charge in [0.2, 0.25) is 0 Å². The van der Waals surface area contributed by atoms with Crippen molar-refractivity contribution in [2.24, 2.45) is 0 Å². The largest absolute Gasteiger partial charge is 0.507 e. The zero-order chi connectivity index (χ0) is 14.5. The molecule has 0 aliphatic heterocycles. The minimum atomic E-state index is -0.296. The van der Waals surface area contributed by atoms with Crippen molar-refractivity contribution in [3.8, 4) is 5.75 Å². The van der Waals surface area contributed by atoms with E-state index in [2.05, 4.69) is 10.3 Å². The third-order valence-corrected chi connectivity index (χ3v) is 3.18. The number of phenolic OH excluding ortho intramolecular Hbond substituents is 1. The van der Waals surface area contributed by atoms with Crippen molar-refractivity contribution in [1.82, 2.24) is 10.3 Å². The molecule has 0 spiro atoms. The molecular formula is C16H18N2O2. The number of carbonyl (C=O) groups is 1. The van der Waals surface area contributed by atoms with Gasteiger partial charge in [0.1, 0.15) is 5.75 Å². The highest BCUT2D eigenvalue weighted by molar-refractivity contribution is 5.96. The lowest BCUT2D eigenvalue weighted by molar-refractivity contribution is 0.0947. The van der Waals surface area contributed by atoms with Crippen LogP contribution in [0.15, 0.2) is 36.5 Å². The Bertz CT molecular complexity index is 624. The van der Waals surface area contributed by atoms with Crippen LogP contribution in [0.4, 0.5) is 0 Å². The molecule has 1 heterocycles. The lowest BCUT2D eigenvalue weighted by Crippen LogP contribution is -2.24. The molecule has 2 rings (SSSR count). The van der Waals surface area contributed by atoms with Gasteiger partial charge >= 0.3 is 0 Å². The van der Waals surface area contributed by atoms with E-state index in [1.807, 2.05) is 26.0 Å². The van der Waals surface area contributed by atoms with E-state index in [0.717, 1.165) is 23.2 Å². The zero-order valence-electron chi connectivity index (χ0n) is 11.7. The molecule has 2 N–H and O–H groups in total. The summed E-state index contributed by atoms with van der Waals surface area (Å²) < 4.78 is 0. The molecule has 0 aliphatic carbocycles. The minimum absolute atomic E-state index is 0.000708. The maximum absolute atomic E-state index is 12.1. The van der Waals surface area contributed by atoms with Crippen LogP contribution in [0.5, 0.6) is 5.75 Å². The number of aromatic hydroxyl groups is 1. The maximum atomic E-state index is 12.1. The van der Waals surface area contributed by atoms with Crippen molar-refractivity contribution in [2.45, 2.75) is 26.8 Å². The summed E-state index contributed by atoms with van der Waals surface area (Å²) in [5.74, 6) is -0.297. The average Bonchev–Trinajstić information content (AvgIpc) is 2.45. The number of hydrogen-bond donors (Lipinski definition) is 2. The fourth-order valence-electron chi connectivity index (χ4n) is 2.05. The Hall–Kier alpha value is -2.36. The second-order valence-corrected chi connectivity index (χ2v) is 4.67. The van der Waals surface area contributed by atoms with Crippen LogP contribution in [0.3, 0.4) is 0 Å². The van der Waals surface area contributed by atoms with Crippen LogP contribution in [-0.2, 0) is 13.0 Å². The molecule has 1 aromatic heterocycles. The van der Waals surface area contributed by atoms with Gasteiger partial charge in [-0.05, 0) is 42.7 Å². The van der Waals surface area contributed by atoms with E-state index < -0.39 is 0 Å². The second kappa shape index (κ2) is 6.19. The third-order valence-electron chi connectivity index (χ3n) is 3.18. The van der Waals surface area contributed by atoms with E-state index in [-0.39, 0.29) is 17.2 Å². The smallest absolute Gasteiger partial charge is 0.255 e. The number of phenols is 1. The van der Waals surface area contributed by atoms with Gasteiger partial charge in [0.05, 0.1) is 17.8 Å². The molecule has 0 atom stereocenters. The molecule has 1 aromatic carbocycles. The van der Waals surface area contributed by atoms with E-state index >= 15 is 0 Å². The molecule has 0 saturated heterocycles. The standard InChI is InChI=1S/C16H18N2O2/c1-3-12-5-4-8-17-14(12)10-18-16(20)13-7-6-11(2)9-15(13)19/h4-9,19H,3,10H2,1-2H3,(H,18,20). The number of amides is 1. The monoisotopic (exact) mass is 270 g/mol. The van der Waals surface area contributed by atoms with Crippen LogP contribution in [-0.4, -0.2) is 16.0 Å². The Kier molecular flexibility index (Phi) is 4.35. The second-order valence-electron chi connectivity index (χ2n) is 4.67. The van der Waals surface area contributed by atoms with Crippen molar-refractivity contribution < 1.29 is 9.90 Å². The fourth-order valence-corrected chi connectivity index (χ4v) is 2.05. The molecule has 2 aromatic rings. The summed E-state index contributed by atoms with van der Waals surface area (Å²) in [7, 11) is 0. The van der Waals surface area contributed by atoms with Crippen molar-refractivity contribution in [1.29, 1.82) is 0 Å². The molecule has 0 bridgehead atoms. The lowest BCUT2D eigenvalue weighted by Gasteiger charge is -2.09. The molecule has 0 aliphatic rings. The van der Waals surface area contributed by atoms with Crippen molar-refractivity contribution >= 4 is 5.91 Å². The van der Waals surface area contributed by atoms with Crippen LogP contribution in [0.1, 0.15) is 34.1 Å². The Labute approximate surface area is 118 Å². The molecule has 104 valence electrons. The first-order chi connectivity index (χ1) is 9.61. The minimum Gasteiger partial charge on any atom is -0.507 e. The Morgan fingerprint density at radius 2 is 2.15 bits per heavy atom. The average molecular weight is 270 g/mol. The summed E-state index contributed by atoms with van der Waals surface area (Å²) in [6.45, 7) is 4.27. The van der Waals surface area contributed by atoms with Crippen molar-refractivity contribution in [3.05, 3.63) is 58.9 Å². The summed E-state index contributed by atoms with van der Waals surface area (Å²) >= 11 is 0. The van der Waals surface area contributed by atoms with Gasteiger partial charge in [-0.25, -0.2) is 0 Å².